The van der Waals surface area contributed by atoms with Gasteiger partial charge in [0.15, 0.2) is 5.16 Å². The second-order valence-corrected chi connectivity index (χ2v) is 5.97. The van der Waals surface area contributed by atoms with E-state index in [2.05, 4.69) is 22.1 Å². The van der Waals surface area contributed by atoms with Crippen LogP contribution < -0.4 is 5.32 Å². The summed E-state index contributed by atoms with van der Waals surface area (Å²) in [6.45, 7) is 7.71. The van der Waals surface area contributed by atoms with Crippen LogP contribution in [0.4, 0.5) is 11.4 Å². The van der Waals surface area contributed by atoms with E-state index in [9.17, 15) is 14.9 Å². The van der Waals surface area contributed by atoms with Gasteiger partial charge in [-0.25, -0.2) is 0 Å². The number of carbonyl (C=O) groups excluding carboxylic acids is 1. The molecule has 2 rings (SSSR count). The molecule has 2 aromatic rings. The third-order valence-corrected chi connectivity index (χ3v) is 4.20. The van der Waals surface area contributed by atoms with E-state index in [1.807, 2.05) is 11.5 Å². The average molecular weight is 347 g/mol. The van der Waals surface area contributed by atoms with Crippen LogP contribution in [0.3, 0.4) is 0 Å². The first-order chi connectivity index (χ1) is 11.4. The van der Waals surface area contributed by atoms with Gasteiger partial charge in [-0.2, -0.15) is 0 Å². The number of hydrogen-bond donors (Lipinski definition) is 1. The molecule has 0 unspecified atom stereocenters. The second kappa shape index (κ2) is 7.73. The molecule has 0 aliphatic heterocycles. The highest BCUT2D eigenvalue weighted by Crippen LogP contribution is 2.23. The van der Waals surface area contributed by atoms with Gasteiger partial charge in [-0.15, -0.1) is 16.8 Å². The number of rotatable bonds is 7. The van der Waals surface area contributed by atoms with E-state index in [0.717, 1.165) is 5.82 Å². The van der Waals surface area contributed by atoms with Crippen molar-refractivity contribution >= 4 is 29.0 Å². The zero-order chi connectivity index (χ0) is 17.7. The number of thioether (sulfide) groups is 1. The lowest BCUT2D eigenvalue weighted by Gasteiger charge is -2.07. The quantitative estimate of drug-likeness (QED) is 0.357. The van der Waals surface area contributed by atoms with Crippen molar-refractivity contribution in [2.24, 2.45) is 0 Å². The van der Waals surface area contributed by atoms with Crippen LogP contribution in [0.1, 0.15) is 11.4 Å². The van der Waals surface area contributed by atoms with Gasteiger partial charge in [0, 0.05) is 23.9 Å². The second-order valence-electron chi connectivity index (χ2n) is 5.02. The summed E-state index contributed by atoms with van der Waals surface area (Å²) >= 11 is 1.24. The molecule has 1 N–H and O–H groups in total. The Morgan fingerprint density at radius 3 is 2.88 bits per heavy atom. The molecule has 0 atom stereocenters. The van der Waals surface area contributed by atoms with Gasteiger partial charge < -0.3 is 9.88 Å². The normalized spacial score (nSPS) is 10.4. The van der Waals surface area contributed by atoms with E-state index >= 15 is 0 Å². The number of aryl methyl sites for hydroxylation is 2. The third kappa shape index (κ3) is 4.19. The van der Waals surface area contributed by atoms with Crippen LogP contribution in [0.15, 0.2) is 36.0 Å². The number of amides is 1. The van der Waals surface area contributed by atoms with Crippen LogP contribution >= 0.6 is 11.8 Å². The summed E-state index contributed by atoms with van der Waals surface area (Å²) in [6, 6.07) is 4.59. The zero-order valence-electron chi connectivity index (χ0n) is 13.4. The van der Waals surface area contributed by atoms with E-state index in [0.29, 0.717) is 23.0 Å². The van der Waals surface area contributed by atoms with Crippen molar-refractivity contribution in [1.82, 2.24) is 14.8 Å². The summed E-state index contributed by atoms with van der Waals surface area (Å²) in [4.78, 5) is 22.5. The highest BCUT2D eigenvalue weighted by Gasteiger charge is 2.14. The molecule has 9 heteroatoms. The van der Waals surface area contributed by atoms with Gasteiger partial charge in [0.2, 0.25) is 5.91 Å². The summed E-state index contributed by atoms with van der Waals surface area (Å²) in [7, 11) is 0. The van der Waals surface area contributed by atoms with Gasteiger partial charge >= 0.3 is 0 Å². The minimum Gasteiger partial charge on any atom is -0.325 e. The Morgan fingerprint density at radius 2 is 2.21 bits per heavy atom. The molecule has 1 aromatic heterocycles. The maximum Gasteiger partial charge on any atom is 0.274 e. The Labute approximate surface area is 143 Å². The lowest BCUT2D eigenvalue weighted by atomic mass is 10.2. The molecule has 1 heterocycles. The number of anilines is 1. The number of nitrogens with one attached hydrogen (secondary N) is 1. The molecular formula is C15H17N5O3S. The molecular weight excluding hydrogens is 330 g/mol. The van der Waals surface area contributed by atoms with Crippen LogP contribution in [0.25, 0.3) is 0 Å². The number of nitro groups is 1. The number of nitro benzene ring substituents is 1. The van der Waals surface area contributed by atoms with E-state index in [1.54, 1.807) is 25.1 Å². The highest BCUT2D eigenvalue weighted by atomic mass is 32.2. The molecule has 1 amide bonds. The van der Waals surface area contributed by atoms with Gasteiger partial charge in [-0.3, -0.25) is 14.9 Å². The summed E-state index contributed by atoms with van der Waals surface area (Å²) in [5.41, 5.74) is 0.906. The van der Waals surface area contributed by atoms with Gasteiger partial charge in [0.05, 0.1) is 10.7 Å². The van der Waals surface area contributed by atoms with Gasteiger partial charge in [-0.1, -0.05) is 23.9 Å². The molecule has 0 saturated carbocycles. The molecule has 0 spiro atoms. The number of nitrogens with zero attached hydrogens (tertiary/aromatic N) is 4. The van der Waals surface area contributed by atoms with Crippen molar-refractivity contribution in [2.45, 2.75) is 25.5 Å². The van der Waals surface area contributed by atoms with Crippen molar-refractivity contribution in [1.29, 1.82) is 0 Å². The summed E-state index contributed by atoms with van der Waals surface area (Å²) in [6.07, 6.45) is 1.73. The number of hydrogen-bond acceptors (Lipinski definition) is 6. The SMILES string of the molecule is C=CCn1c(C)nnc1SCC(=O)Nc1ccc(C)c([N+](=O)[O-])c1. The largest absolute Gasteiger partial charge is 0.325 e. The number of carbonyl (C=O) groups is 1. The Bertz CT molecular complexity index is 787. The minimum absolute atomic E-state index is 0.0261. The molecule has 0 bridgehead atoms. The van der Waals surface area contributed by atoms with Crippen molar-refractivity contribution in [3.8, 4) is 0 Å². The van der Waals surface area contributed by atoms with Crippen molar-refractivity contribution in [3.63, 3.8) is 0 Å². The maximum atomic E-state index is 12.0. The van der Waals surface area contributed by atoms with Crippen molar-refractivity contribution in [2.75, 3.05) is 11.1 Å². The van der Waals surface area contributed by atoms with Gasteiger partial charge in [0.1, 0.15) is 5.82 Å². The topological polar surface area (TPSA) is 103 Å². The molecule has 0 fully saturated rings. The fourth-order valence-corrected chi connectivity index (χ4v) is 2.81. The van der Waals surface area contributed by atoms with Crippen LogP contribution in [0.5, 0.6) is 0 Å². The van der Waals surface area contributed by atoms with Crippen LogP contribution in [-0.2, 0) is 11.3 Å². The molecule has 1 aromatic carbocycles. The lowest BCUT2D eigenvalue weighted by molar-refractivity contribution is -0.385. The molecule has 126 valence electrons. The van der Waals surface area contributed by atoms with E-state index in [1.165, 1.54) is 17.8 Å². The van der Waals surface area contributed by atoms with Gasteiger partial charge in [-0.05, 0) is 19.9 Å². The highest BCUT2D eigenvalue weighted by molar-refractivity contribution is 7.99. The third-order valence-electron chi connectivity index (χ3n) is 3.24. The number of allylic oxidation sites excluding steroid dienone is 1. The first kappa shape index (κ1) is 17.7. The smallest absolute Gasteiger partial charge is 0.274 e. The van der Waals surface area contributed by atoms with E-state index in [4.69, 9.17) is 0 Å². The molecule has 0 aliphatic rings. The van der Waals surface area contributed by atoms with E-state index < -0.39 is 4.92 Å². The first-order valence-corrected chi connectivity index (χ1v) is 8.09. The van der Waals surface area contributed by atoms with Gasteiger partial charge in [0.25, 0.3) is 5.69 Å². The number of benzene rings is 1. The van der Waals surface area contributed by atoms with E-state index in [-0.39, 0.29) is 17.3 Å². The summed E-state index contributed by atoms with van der Waals surface area (Å²) in [5, 5.41) is 22.2. The molecule has 8 nitrogen and oxygen atoms in total. The lowest BCUT2D eigenvalue weighted by Crippen LogP contribution is -2.15. The molecule has 0 aliphatic carbocycles. The van der Waals surface area contributed by atoms with Crippen molar-refractivity contribution in [3.05, 3.63) is 52.4 Å². The zero-order valence-corrected chi connectivity index (χ0v) is 14.2. The fraction of sp³-hybridized carbons (Fsp3) is 0.267. The monoisotopic (exact) mass is 347 g/mol. The predicted molar refractivity (Wildman–Crippen MR) is 92.1 cm³/mol. The fourth-order valence-electron chi connectivity index (χ4n) is 2.02. The Kier molecular flexibility index (Phi) is 5.69. The van der Waals surface area contributed by atoms with Crippen molar-refractivity contribution < 1.29 is 9.72 Å². The average Bonchev–Trinajstić information content (AvgIpc) is 2.88. The van der Waals surface area contributed by atoms with Crippen LogP contribution in [0, 0.1) is 24.0 Å². The van der Waals surface area contributed by atoms with Crippen LogP contribution in [0.2, 0.25) is 0 Å². The molecule has 0 saturated heterocycles. The summed E-state index contributed by atoms with van der Waals surface area (Å²) in [5.74, 6) is 0.590. The number of aromatic nitrogens is 3. The Hall–Kier alpha value is -2.68. The Morgan fingerprint density at radius 1 is 1.46 bits per heavy atom. The maximum absolute atomic E-state index is 12.0. The van der Waals surface area contributed by atoms with Crippen LogP contribution in [-0.4, -0.2) is 31.3 Å². The minimum atomic E-state index is -0.472. The predicted octanol–water partition coefficient (Wildman–Crippen LogP) is 2.72. The molecule has 0 radical (unpaired) electrons. The first-order valence-electron chi connectivity index (χ1n) is 7.10. The standard InChI is InChI=1S/C15H17N5O3S/c1-4-7-19-11(3)17-18-15(19)24-9-14(21)16-12-6-5-10(2)13(8-12)20(22)23/h4-6,8H,1,7,9H2,2-3H3,(H,16,21). The Balaban J connectivity index is 2.00. The summed E-state index contributed by atoms with van der Waals surface area (Å²) < 4.78 is 1.85. The molecule has 24 heavy (non-hydrogen) atoms.